The van der Waals surface area contributed by atoms with Gasteiger partial charge >= 0.3 is 0 Å². The van der Waals surface area contributed by atoms with Crippen LogP contribution in [0.2, 0.25) is 0 Å². The van der Waals surface area contributed by atoms with E-state index in [-0.39, 0.29) is 0 Å². The fraction of sp³-hybridized carbons (Fsp3) is 0.0270. The number of fused-ring (bicyclic) bond motifs is 15. The topological polar surface area (TPSA) is 9.72 Å². The second-order valence-corrected chi connectivity index (χ2v) is 30.4. The Bertz CT molecular complexity index is 6070. The Hall–Kier alpha value is -14.6. The minimum atomic E-state index is -1.03. The molecular weight excluding hydrogens is 1380 g/mol. The number of hydrogen-bond acceptors (Lipinski definition) is 3. The maximum Gasteiger partial charge on any atom is 0.0720 e. The molecule has 3 aliphatic rings. The van der Waals surface area contributed by atoms with Crippen molar-refractivity contribution in [1.82, 2.24) is 0 Å². The summed E-state index contributed by atoms with van der Waals surface area (Å²) in [6, 6.07) is 172. The molecule has 0 bridgehead atoms. The second-order valence-electron chi connectivity index (χ2n) is 30.4. The highest BCUT2D eigenvalue weighted by molar-refractivity contribution is 6.12. The highest BCUT2D eigenvalue weighted by atomic mass is 15.2. The molecule has 0 amide bonds. The lowest BCUT2D eigenvalue weighted by Gasteiger charge is -2.40. The average Bonchev–Trinajstić information content (AvgIpc) is 1.46. The zero-order chi connectivity index (χ0) is 75.3. The molecule has 19 aromatic rings. The SMILES string of the molecule is c1ccc(N(c2ccc3c(c2)C(c2ccccc2)(c2ccccc2)c2c-3c3c(c4c2-c2ccc(N(c5ccccc5)c5cccc6ccccc56)cc2C4(c2ccccc2)c2ccccc2)-c2ccc(N(c4ccccc4)c4cccc5ccccc45)cc2C3(c2ccccc2)c2ccccc2)c2cccc3ccccc23)cc1. The first-order valence-electron chi connectivity index (χ1n) is 39.6. The first-order valence-corrected chi connectivity index (χ1v) is 39.6. The van der Waals surface area contributed by atoms with E-state index in [9.17, 15) is 0 Å². The molecular formula is C111H75N3. The highest BCUT2D eigenvalue weighted by Crippen LogP contribution is 2.74. The van der Waals surface area contributed by atoms with Gasteiger partial charge in [0.05, 0.1) is 33.3 Å². The van der Waals surface area contributed by atoms with Crippen molar-refractivity contribution < 1.29 is 0 Å². The fourth-order valence-electron chi connectivity index (χ4n) is 20.3. The van der Waals surface area contributed by atoms with Crippen molar-refractivity contribution in [2.45, 2.75) is 16.2 Å². The fourth-order valence-corrected chi connectivity index (χ4v) is 20.3. The van der Waals surface area contributed by atoms with Gasteiger partial charge in [-0.25, -0.2) is 0 Å². The van der Waals surface area contributed by atoms with Crippen molar-refractivity contribution in [2.24, 2.45) is 0 Å². The van der Waals surface area contributed by atoms with Crippen molar-refractivity contribution in [3.63, 3.8) is 0 Å². The zero-order valence-electron chi connectivity index (χ0n) is 62.6. The van der Waals surface area contributed by atoms with E-state index >= 15 is 0 Å². The van der Waals surface area contributed by atoms with Crippen LogP contribution in [0.5, 0.6) is 0 Å². The molecule has 0 saturated carbocycles. The number of hydrogen-bond donors (Lipinski definition) is 0. The van der Waals surface area contributed by atoms with Gasteiger partial charge in [0.15, 0.2) is 0 Å². The highest BCUT2D eigenvalue weighted by Gasteiger charge is 2.61. The predicted molar refractivity (Wildman–Crippen MR) is 475 cm³/mol. The van der Waals surface area contributed by atoms with Crippen LogP contribution in [0, 0.1) is 0 Å². The number of nitrogens with zero attached hydrogens (tertiary/aromatic N) is 3. The van der Waals surface area contributed by atoms with Crippen molar-refractivity contribution in [1.29, 1.82) is 0 Å². The summed E-state index contributed by atoms with van der Waals surface area (Å²) in [5.74, 6) is 0. The quantitative estimate of drug-likeness (QED) is 0.101. The van der Waals surface area contributed by atoms with Gasteiger partial charge in [0.25, 0.3) is 0 Å². The minimum absolute atomic E-state index is 1.03. The van der Waals surface area contributed by atoms with Gasteiger partial charge in [0, 0.05) is 50.3 Å². The molecule has 0 aromatic heterocycles. The molecule has 3 aliphatic carbocycles. The maximum absolute atomic E-state index is 2.60. The predicted octanol–water partition coefficient (Wildman–Crippen LogP) is 28.6. The first-order chi connectivity index (χ1) is 56.6. The molecule has 0 atom stereocenters. The van der Waals surface area contributed by atoms with Gasteiger partial charge in [0.2, 0.25) is 0 Å². The number of benzene rings is 19. The van der Waals surface area contributed by atoms with E-state index in [4.69, 9.17) is 0 Å². The van der Waals surface area contributed by atoms with Gasteiger partial charge in [-0.1, -0.05) is 364 Å². The van der Waals surface area contributed by atoms with Crippen LogP contribution in [-0.4, -0.2) is 0 Å². The molecule has 0 aliphatic heterocycles. The molecule has 22 rings (SSSR count). The molecule has 0 saturated heterocycles. The summed E-state index contributed by atoms with van der Waals surface area (Å²) < 4.78 is 0. The molecule has 534 valence electrons. The van der Waals surface area contributed by atoms with Crippen LogP contribution in [0.15, 0.2) is 455 Å². The molecule has 0 spiro atoms. The third kappa shape index (κ3) is 9.82. The zero-order valence-corrected chi connectivity index (χ0v) is 62.6. The second kappa shape index (κ2) is 26.8. The van der Waals surface area contributed by atoms with Crippen LogP contribution in [0.25, 0.3) is 65.7 Å². The van der Waals surface area contributed by atoms with Gasteiger partial charge in [-0.2, -0.15) is 0 Å². The van der Waals surface area contributed by atoms with Crippen molar-refractivity contribution in [3.05, 3.63) is 522 Å². The average molecular weight is 1450 g/mol. The standard InChI is InChI=1S/C111H75N3/c1-10-43-79(44-11-1)109(80-45-12-2-13-46-80)97-73-88(112(85-55-22-7-23-56-85)100-64-34-40-76-37-28-31-61-91(76)100)67-70-94(97)103-106(109)104-95-71-68-89(113(86-57-24-8-25-58-86)101-65-35-41-77-38-29-32-62-92(77)101)74-98(95)110(81-47-14-3-15-48-81,82-49-16-4-17-50-82)108(104)105-96-72-69-90(114(87-59-26-9-27-60-87)102-66-36-42-78-39-30-33-63-93(78)102)75-99(96)111(107(103)105,83-51-18-5-19-52-83)84-53-20-6-21-54-84/h1-75H. The van der Waals surface area contributed by atoms with E-state index in [2.05, 4.69) is 470 Å². The van der Waals surface area contributed by atoms with Gasteiger partial charge in [-0.15, -0.1) is 0 Å². The van der Waals surface area contributed by atoms with Crippen molar-refractivity contribution in [3.8, 4) is 33.4 Å². The number of para-hydroxylation sites is 3. The smallest absolute Gasteiger partial charge is 0.0720 e. The molecule has 19 aromatic carbocycles. The first kappa shape index (κ1) is 66.4. The van der Waals surface area contributed by atoms with E-state index in [0.29, 0.717) is 0 Å². The van der Waals surface area contributed by atoms with Gasteiger partial charge < -0.3 is 14.7 Å². The molecule has 0 N–H and O–H groups in total. The lowest BCUT2D eigenvalue weighted by molar-refractivity contribution is 0.740. The van der Waals surface area contributed by atoms with E-state index in [0.717, 1.165) is 51.2 Å². The summed E-state index contributed by atoms with van der Waals surface area (Å²) in [7, 11) is 0. The third-order valence-electron chi connectivity index (χ3n) is 24.7. The normalized spacial score (nSPS) is 13.5. The lowest BCUT2D eigenvalue weighted by Crippen LogP contribution is -2.33. The largest absolute Gasteiger partial charge is 0.310 e. The molecule has 3 nitrogen and oxygen atoms in total. The monoisotopic (exact) mass is 1450 g/mol. The van der Waals surface area contributed by atoms with E-state index in [1.54, 1.807) is 0 Å². The number of anilines is 9. The van der Waals surface area contributed by atoms with Gasteiger partial charge in [-0.05, 0) is 207 Å². The van der Waals surface area contributed by atoms with Crippen LogP contribution in [0.1, 0.15) is 66.8 Å². The summed E-state index contributed by atoms with van der Waals surface area (Å²) in [6.45, 7) is 0. The summed E-state index contributed by atoms with van der Waals surface area (Å²) in [4.78, 5) is 7.52. The molecule has 0 unspecified atom stereocenters. The number of rotatable bonds is 15. The van der Waals surface area contributed by atoms with Crippen molar-refractivity contribution >= 4 is 83.5 Å². The molecule has 114 heavy (non-hydrogen) atoms. The van der Waals surface area contributed by atoms with E-state index < -0.39 is 16.2 Å². The summed E-state index contributed by atoms with van der Waals surface area (Å²) in [5, 5.41) is 7.03. The summed E-state index contributed by atoms with van der Waals surface area (Å²) in [5.41, 5.74) is 28.1. The molecule has 3 heteroatoms. The lowest BCUT2D eigenvalue weighted by atomic mass is 9.61. The van der Waals surface area contributed by atoms with Gasteiger partial charge in [-0.3, -0.25) is 0 Å². The van der Waals surface area contributed by atoms with E-state index in [1.165, 1.54) is 132 Å². The Labute approximate surface area is 665 Å². The van der Waals surface area contributed by atoms with Crippen LogP contribution in [0.4, 0.5) is 51.2 Å². The van der Waals surface area contributed by atoms with E-state index in [1.807, 2.05) is 0 Å². The van der Waals surface area contributed by atoms with Crippen LogP contribution >= 0.6 is 0 Å². The summed E-state index contributed by atoms with van der Waals surface area (Å²) >= 11 is 0. The minimum Gasteiger partial charge on any atom is -0.310 e. The van der Waals surface area contributed by atoms with Gasteiger partial charge in [0.1, 0.15) is 0 Å². The Morgan fingerprint density at radius 1 is 0.158 bits per heavy atom. The summed E-state index contributed by atoms with van der Waals surface area (Å²) in [6.07, 6.45) is 0. The maximum atomic E-state index is 2.60. The van der Waals surface area contributed by atoms with Crippen molar-refractivity contribution in [2.75, 3.05) is 14.7 Å². The molecule has 0 fully saturated rings. The van der Waals surface area contributed by atoms with Crippen LogP contribution in [0.3, 0.4) is 0 Å². The molecule has 0 radical (unpaired) electrons. The Morgan fingerprint density at radius 2 is 0.360 bits per heavy atom. The van der Waals surface area contributed by atoms with Crippen LogP contribution < -0.4 is 14.7 Å². The third-order valence-corrected chi connectivity index (χ3v) is 24.7. The molecule has 0 heterocycles. The Balaban J connectivity index is 0.973. The Kier molecular flexibility index (Phi) is 15.6. The van der Waals surface area contributed by atoms with Crippen LogP contribution in [-0.2, 0) is 16.2 Å². The Morgan fingerprint density at radius 3 is 0.596 bits per heavy atom.